The van der Waals surface area contributed by atoms with E-state index in [1.165, 1.54) is 6.20 Å². The van der Waals surface area contributed by atoms with E-state index < -0.39 is 11.4 Å². The molecular weight excluding hydrogens is 324 g/mol. The fraction of sp³-hybridized carbons (Fsp3) is 0.412. The van der Waals surface area contributed by atoms with Crippen LogP contribution in [0.2, 0.25) is 0 Å². The lowest BCUT2D eigenvalue weighted by molar-refractivity contribution is -0.120. The maximum atomic E-state index is 12.5. The highest BCUT2D eigenvalue weighted by Crippen LogP contribution is 2.45. The largest absolute Gasteiger partial charge is 0.461 e. The first kappa shape index (κ1) is 15.8. The summed E-state index contributed by atoms with van der Waals surface area (Å²) in [5.41, 5.74) is 1.35. The first-order valence-electron chi connectivity index (χ1n) is 8.22. The van der Waals surface area contributed by atoms with Crippen LogP contribution in [0.4, 0.5) is 5.69 Å². The second-order valence-corrected chi connectivity index (χ2v) is 6.27. The Labute approximate surface area is 144 Å². The molecule has 0 radical (unpaired) electrons. The van der Waals surface area contributed by atoms with Crippen LogP contribution < -0.4 is 5.32 Å². The number of carbonyl (C=O) groups excluding carboxylic acids is 2. The number of aromatic nitrogens is 3. The normalized spacial score (nSPS) is 24.4. The highest BCUT2D eigenvalue weighted by molar-refractivity contribution is 6.06. The lowest BCUT2D eigenvalue weighted by Crippen LogP contribution is -2.35. The van der Waals surface area contributed by atoms with E-state index in [1.807, 2.05) is 24.3 Å². The Hall–Kier alpha value is -2.74. The molecule has 1 spiro atoms. The van der Waals surface area contributed by atoms with Crippen molar-refractivity contribution in [2.45, 2.75) is 31.4 Å². The molecule has 1 saturated heterocycles. The molecule has 1 amide bonds. The van der Waals surface area contributed by atoms with Gasteiger partial charge in [0.1, 0.15) is 5.41 Å². The summed E-state index contributed by atoms with van der Waals surface area (Å²) >= 11 is 0. The van der Waals surface area contributed by atoms with Crippen LogP contribution in [0.25, 0.3) is 0 Å². The van der Waals surface area contributed by atoms with Gasteiger partial charge in [-0.05, 0) is 25.0 Å². The summed E-state index contributed by atoms with van der Waals surface area (Å²) in [6.45, 7) is 2.77. The van der Waals surface area contributed by atoms with Gasteiger partial charge in [0.2, 0.25) is 5.91 Å². The molecule has 8 nitrogen and oxygen atoms in total. The number of benzene rings is 1. The zero-order valence-electron chi connectivity index (χ0n) is 13.8. The van der Waals surface area contributed by atoms with Crippen molar-refractivity contribution in [3.63, 3.8) is 0 Å². The second-order valence-electron chi connectivity index (χ2n) is 6.27. The Morgan fingerprint density at radius 2 is 2.32 bits per heavy atom. The zero-order valence-corrected chi connectivity index (χ0v) is 13.8. The van der Waals surface area contributed by atoms with Crippen molar-refractivity contribution in [2.75, 3.05) is 18.5 Å². The van der Waals surface area contributed by atoms with Gasteiger partial charge in [0.25, 0.3) is 0 Å². The van der Waals surface area contributed by atoms with Crippen LogP contribution in [0.1, 0.15) is 29.4 Å². The third-order valence-electron chi connectivity index (χ3n) is 4.68. The number of carbonyl (C=O) groups is 2. The predicted molar refractivity (Wildman–Crippen MR) is 87.1 cm³/mol. The number of ether oxygens (including phenoxy) is 2. The van der Waals surface area contributed by atoms with Crippen LogP contribution in [-0.2, 0) is 26.2 Å². The van der Waals surface area contributed by atoms with Gasteiger partial charge in [-0.25, -0.2) is 9.48 Å². The van der Waals surface area contributed by atoms with E-state index in [1.54, 1.807) is 11.6 Å². The van der Waals surface area contributed by atoms with Crippen LogP contribution in [0.5, 0.6) is 0 Å². The molecule has 2 unspecified atom stereocenters. The van der Waals surface area contributed by atoms with Crippen LogP contribution in [0, 0.1) is 0 Å². The molecule has 0 saturated carbocycles. The van der Waals surface area contributed by atoms with Crippen LogP contribution >= 0.6 is 0 Å². The summed E-state index contributed by atoms with van der Waals surface area (Å²) in [5.74, 6) is -0.524. The zero-order chi connectivity index (χ0) is 17.4. The number of amides is 1. The average Bonchev–Trinajstić information content (AvgIpc) is 3.29. The number of hydrogen-bond donors (Lipinski definition) is 1. The number of nitrogens with zero attached hydrogens (tertiary/aromatic N) is 3. The van der Waals surface area contributed by atoms with Crippen molar-refractivity contribution < 1.29 is 19.1 Å². The van der Waals surface area contributed by atoms with Crippen molar-refractivity contribution in [3.05, 3.63) is 41.7 Å². The molecule has 8 heteroatoms. The molecule has 130 valence electrons. The van der Waals surface area contributed by atoms with Crippen molar-refractivity contribution in [1.29, 1.82) is 0 Å². The summed E-state index contributed by atoms with van der Waals surface area (Å²) in [4.78, 5) is 24.2. The number of anilines is 1. The highest BCUT2D eigenvalue weighted by atomic mass is 16.5. The molecule has 3 heterocycles. The molecule has 1 aromatic carbocycles. The fourth-order valence-corrected chi connectivity index (χ4v) is 3.50. The highest BCUT2D eigenvalue weighted by Gasteiger charge is 2.52. The van der Waals surface area contributed by atoms with E-state index >= 15 is 0 Å². The second kappa shape index (κ2) is 5.96. The molecule has 1 aromatic heterocycles. The molecule has 2 aliphatic heterocycles. The van der Waals surface area contributed by atoms with E-state index in [4.69, 9.17) is 9.47 Å². The van der Waals surface area contributed by atoms with Crippen LogP contribution in [0.15, 0.2) is 30.5 Å². The quantitative estimate of drug-likeness (QED) is 0.837. The van der Waals surface area contributed by atoms with Gasteiger partial charge < -0.3 is 14.8 Å². The topological polar surface area (TPSA) is 95.3 Å². The maximum absolute atomic E-state index is 12.5. The third kappa shape index (κ3) is 2.58. The lowest BCUT2D eigenvalue weighted by Gasteiger charge is -2.19. The minimum atomic E-state index is -0.647. The minimum Gasteiger partial charge on any atom is -0.461 e. The number of fused-ring (bicyclic) bond motifs is 2. The molecular formula is C17H18N4O4. The van der Waals surface area contributed by atoms with Crippen molar-refractivity contribution >= 4 is 17.6 Å². The Morgan fingerprint density at radius 1 is 1.48 bits per heavy atom. The van der Waals surface area contributed by atoms with E-state index in [2.05, 4.69) is 15.6 Å². The molecule has 25 heavy (non-hydrogen) atoms. The van der Waals surface area contributed by atoms with E-state index in [9.17, 15) is 9.59 Å². The SMILES string of the molecule is CCOC(=O)c1cn(CC2CC3(CO2)C(=O)Nc2ccccc23)nn1. The first-order chi connectivity index (χ1) is 12.1. The Balaban J connectivity index is 1.49. The van der Waals surface area contributed by atoms with E-state index in [-0.39, 0.29) is 24.3 Å². The van der Waals surface area contributed by atoms with Crippen molar-refractivity contribution in [1.82, 2.24) is 15.0 Å². The van der Waals surface area contributed by atoms with Crippen LogP contribution in [-0.4, -0.2) is 46.2 Å². The van der Waals surface area contributed by atoms with Gasteiger partial charge in [-0.15, -0.1) is 5.10 Å². The van der Waals surface area contributed by atoms with Gasteiger partial charge in [0.15, 0.2) is 5.69 Å². The van der Waals surface area contributed by atoms with Gasteiger partial charge in [0.05, 0.1) is 32.1 Å². The van der Waals surface area contributed by atoms with Gasteiger partial charge in [-0.1, -0.05) is 23.4 Å². The Bertz CT molecular complexity index is 834. The standard InChI is InChI=1S/C17H18N4O4/c1-2-24-15(22)14-9-21(20-19-14)8-11-7-17(10-25-11)12-5-3-4-6-13(12)18-16(17)23/h3-6,9,11H,2,7-8,10H2,1H3,(H,18,23). The molecule has 2 aromatic rings. The molecule has 2 atom stereocenters. The maximum Gasteiger partial charge on any atom is 0.360 e. The molecule has 0 bridgehead atoms. The number of hydrogen-bond acceptors (Lipinski definition) is 6. The summed E-state index contributed by atoms with van der Waals surface area (Å²) in [5, 5.41) is 10.7. The fourth-order valence-electron chi connectivity index (χ4n) is 3.50. The minimum absolute atomic E-state index is 0.0259. The molecule has 1 N–H and O–H groups in total. The summed E-state index contributed by atoms with van der Waals surface area (Å²) in [6.07, 6.45) is 1.91. The smallest absolute Gasteiger partial charge is 0.360 e. The number of esters is 1. The summed E-state index contributed by atoms with van der Waals surface area (Å²) < 4.78 is 12.3. The number of para-hydroxylation sites is 1. The first-order valence-corrected chi connectivity index (χ1v) is 8.22. The number of nitrogens with one attached hydrogen (secondary N) is 1. The molecule has 4 rings (SSSR count). The third-order valence-corrected chi connectivity index (χ3v) is 4.68. The van der Waals surface area contributed by atoms with Gasteiger partial charge >= 0.3 is 5.97 Å². The van der Waals surface area contributed by atoms with Crippen molar-refractivity contribution in [2.24, 2.45) is 0 Å². The summed E-state index contributed by atoms with van der Waals surface area (Å²) in [7, 11) is 0. The Morgan fingerprint density at radius 3 is 3.16 bits per heavy atom. The predicted octanol–water partition coefficient (Wildman–Crippen LogP) is 1.13. The number of rotatable bonds is 4. The van der Waals surface area contributed by atoms with E-state index in [0.29, 0.717) is 19.6 Å². The van der Waals surface area contributed by atoms with Crippen LogP contribution in [0.3, 0.4) is 0 Å². The van der Waals surface area contributed by atoms with Crippen molar-refractivity contribution in [3.8, 4) is 0 Å². The van der Waals surface area contributed by atoms with Gasteiger partial charge in [-0.2, -0.15) is 0 Å². The molecule has 0 aliphatic carbocycles. The molecule has 2 aliphatic rings. The van der Waals surface area contributed by atoms with Gasteiger partial charge in [0, 0.05) is 5.69 Å². The van der Waals surface area contributed by atoms with Gasteiger partial charge in [-0.3, -0.25) is 4.79 Å². The summed E-state index contributed by atoms with van der Waals surface area (Å²) in [6, 6.07) is 7.70. The van der Waals surface area contributed by atoms with E-state index in [0.717, 1.165) is 11.3 Å². The lowest BCUT2D eigenvalue weighted by atomic mass is 9.79. The monoisotopic (exact) mass is 342 g/mol. The molecule has 1 fully saturated rings. The average molecular weight is 342 g/mol. The Kier molecular flexibility index (Phi) is 3.76.